The standard InChI is InChI=1S/C16H18F2N6O2S/c1-3-12-10(11-4-6-24(22-11)15(17)18)8-20-13(14-19-5-7-27-14)23(12)9-21-16(25)26-2/h4-7,15H,3,8-9H2,1-2H3,(H,21,25). The first-order chi connectivity index (χ1) is 13.0. The number of alkyl carbamates (subject to hydrolysis) is 1. The molecular formula is C16H18F2N6O2S. The Kier molecular flexibility index (Phi) is 5.79. The maximum absolute atomic E-state index is 12.9. The number of hydrogen-bond donors (Lipinski definition) is 1. The van der Waals surface area contributed by atoms with Crippen LogP contribution in [0.3, 0.4) is 0 Å². The fraction of sp³-hybridized carbons (Fsp3) is 0.375. The number of rotatable bonds is 6. The van der Waals surface area contributed by atoms with Crippen LogP contribution in [0.4, 0.5) is 13.6 Å². The normalized spacial score (nSPS) is 14.6. The zero-order chi connectivity index (χ0) is 19.4. The quantitative estimate of drug-likeness (QED) is 0.812. The second-order valence-electron chi connectivity index (χ2n) is 5.47. The first-order valence-electron chi connectivity index (χ1n) is 8.14. The van der Waals surface area contributed by atoms with Crippen molar-refractivity contribution in [2.45, 2.75) is 19.9 Å². The number of alkyl halides is 2. The molecule has 0 unspecified atom stereocenters. The number of thiazole rings is 1. The largest absolute Gasteiger partial charge is 0.453 e. The Morgan fingerprint density at radius 2 is 2.30 bits per heavy atom. The molecule has 0 aromatic carbocycles. The Labute approximate surface area is 158 Å². The maximum atomic E-state index is 12.9. The molecule has 3 heterocycles. The summed E-state index contributed by atoms with van der Waals surface area (Å²) in [5.74, 6) is 0.607. The first kappa shape index (κ1) is 19.0. The van der Waals surface area contributed by atoms with E-state index in [9.17, 15) is 13.6 Å². The van der Waals surface area contributed by atoms with Crippen molar-refractivity contribution in [2.24, 2.45) is 4.99 Å². The van der Waals surface area contributed by atoms with Gasteiger partial charge in [-0.1, -0.05) is 6.92 Å². The fourth-order valence-electron chi connectivity index (χ4n) is 2.77. The van der Waals surface area contributed by atoms with Gasteiger partial charge in [0.25, 0.3) is 0 Å². The lowest BCUT2D eigenvalue weighted by Gasteiger charge is -2.32. The molecule has 27 heavy (non-hydrogen) atoms. The lowest BCUT2D eigenvalue weighted by Crippen LogP contribution is -2.43. The van der Waals surface area contributed by atoms with Gasteiger partial charge < -0.3 is 15.0 Å². The molecule has 0 atom stereocenters. The Hall–Kier alpha value is -2.82. The van der Waals surface area contributed by atoms with Gasteiger partial charge in [-0.05, 0) is 12.5 Å². The number of halogens is 2. The fourth-order valence-corrected chi connectivity index (χ4v) is 3.42. The molecule has 11 heteroatoms. The summed E-state index contributed by atoms with van der Waals surface area (Å²) in [6, 6.07) is 1.53. The lowest BCUT2D eigenvalue weighted by atomic mass is 10.1. The van der Waals surface area contributed by atoms with E-state index in [2.05, 4.69) is 25.1 Å². The number of nitrogens with zero attached hydrogens (tertiary/aromatic N) is 5. The van der Waals surface area contributed by atoms with Crippen LogP contribution in [-0.2, 0) is 4.74 Å². The van der Waals surface area contributed by atoms with E-state index in [0.29, 0.717) is 27.6 Å². The smallest absolute Gasteiger partial charge is 0.408 e. The summed E-state index contributed by atoms with van der Waals surface area (Å²) >= 11 is 1.42. The minimum absolute atomic E-state index is 0.104. The van der Waals surface area contributed by atoms with Crippen molar-refractivity contribution in [1.82, 2.24) is 25.0 Å². The number of amidine groups is 1. The topological polar surface area (TPSA) is 84.6 Å². The van der Waals surface area contributed by atoms with E-state index in [1.807, 2.05) is 12.3 Å². The van der Waals surface area contributed by atoms with Gasteiger partial charge in [0.05, 0.1) is 26.0 Å². The highest BCUT2D eigenvalue weighted by Crippen LogP contribution is 2.29. The van der Waals surface area contributed by atoms with Gasteiger partial charge in [0.1, 0.15) is 0 Å². The Morgan fingerprint density at radius 1 is 1.48 bits per heavy atom. The van der Waals surface area contributed by atoms with Gasteiger partial charge in [-0.25, -0.2) is 14.5 Å². The third kappa shape index (κ3) is 3.97. The Morgan fingerprint density at radius 3 is 2.89 bits per heavy atom. The van der Waals surface area contributed by atoms with Crippen molar-refractivity contribution in [3.8, 4) is 0 Å². The van der Waals surface area contributed by atoms with E-state index in [0.717, 1.165) is 11.3 Å². The summed E-state index contributed by atoms with van der Waals surface area (Å²) in [4.78, 5) is 22.2. The van der Waals surface area contributed by atoms with E-state index in [-0.39, 0.29) is 13.2 Å². The molecule has 0 radical (unpaired) electrons. The molecule has 0 spiro atoms. The van der Waals surface area contributed by atoms with Crippen LogP contribution in [0, 0.1) is 0 Å². The van der Waals surface area contributed by atoms with Gasteiger partial charge in [0.15, 0.2) is 10.8 Å². The highest BCUT2D eigenvalue weighted by atomic mass is 32.1. The number of carbonyl (C=O) groups excluding carboxylic acids is 1. The summed E-state index contributed by atoms with van der Waals surface area (Å²) in [5.41, 5.74) is 1.98. The second-order valence-corrected chi connectivity index (χ2v) is 6.36. The molecule has 1 amide bonds. The Balaban J connectivity index is 1.98. The van der Waals surface area contributed by atoms with Gasteiger partial charge in [0.2, 0.25) is 0 Å². The molecule has 1 aliphatic heterocycles. The van der Waals surface area contributed by atoms with Crippen molar-refractivity contribution < 1.29 is 18.3 Å². The van der Waals surface area contributed by atoms with Crippen LogP contribution in [0.1, 0.15) is 30.6 Å². The third-order valence-electron chi connectivity index (χ3n) is 3.96. The van der Waals surface area contributed by atoms with E-state index in [1.165, 1.54) is 30.7 Å². The van der Waals surface area contributed by atoms with Crippen LogP contribution in [0.2, 0.25) is 0 Å². The minimum atomic E-state index is -2.71. The van der Waals surface area contributed by atoms with Gasteiger partial charge in [0, 0.05) is 29.0 Å². The van der Waals surface area contributed by atoms with Crippen molar-refractivity contribution >= 4 is 28.8 Å². The summed E-state index contributed by atoms with van der Waals surface area (Å²) in [7, 11) is 1.28. The summed E-state index contributed by atoms with van der Waals surface area (Å²) in [5, 5.41) is 9.12. The van der Waals surface area contributed by atoms with Crippen LogP contribution in [0.5, 0.6) is 0 Å². The molecule has 3 rings (SSSR count). The molecule has 8 nitrogen and oxygen atoms in total. The SMILES string of the molecule is CCC1=C(c2ccn(C(F)F)n2)CN=C(c2nccs2)N1CNC(=O)OC. The number of aromatic nitrogens is 3. The summed E-state index contributed by atoms with van der Waals surface area (Å²) in [6.07, 6.45) is 2.91. The third-order valence-corrected chi connectivity index (χ3v) is 4.73. The molecule has 0 saturated heterocycles. The van der Waals surface area contributed by atoms with Crippen molar-refractivity contribution in [3.63, 3.8) is 0 Å². The van der Waals surface area contributed by atoms with E-state index < -0.39 is 12.6 Å². The van der Waals surface area contributed by atoms with Gasteiger partial charge in [-0.2, -0.15) is 13.9 Å². The highest BCUT2D eigenvalue weighted by molar-refractivity contribution is 7.11. The summed E-state index contributed by atoms with van der Waals surface area (Å²) < 4.78 is 31.0. The monoisotopic (exact) mass is 396 g/mol. The van der Waals surface area contributed by atoms with Crippen LogP contribution in [0.15, 0.2) is 34.5 Å². The number of methoxy groups -OCH3 is 1. The molecule has 0 aliphatic carbocycles. The molecule has 0 fully saturated rings. The number of allylic oxidation sites excluding steroid dienone is 1. The molecule has 0 bridgehead atoms. The number of aliphatic imine (C=N–C) groups is 1. The number of carbonyl (C=O) groups is 1. The average molecular weight is 396 g/mol. The number of hydrogen-bond acceptors (Lipinski definition) is 7. The van der Waals surface area contributed by atoms with Gasteiger partial charge in [-0.3, -0.25) is 4.99 Å². The lowest BCUT2D eigenvalue weighted by molar-refractivity contribution is 0.0564. The van der Waals surface area contributed by atoms with E-state index in [4.69, 9.17) is 0 Å². The van der Waals surface area contributed by atoms with Crippen molar-refractivity contribution in [3.05, 3.63) is 40.2 Å². The van der Waals surface area contributed by atoms with Crippen LogP contribution in [0.25, 0.3) is 5.57 Å². The van der Waals surface area contributed by atoms with Crippen LogP contribution >= 0.6 is 11.3 Å². The number of nitrogens with one attached hydrogen (secondary N) is 1. The second kappa shape index (κ2) is 8.25. The van der Waals surface area contributed by atoms with Crippen molar-refractivity contribution in [2.75, 3.05) is 20.3 Å². The van der Waals surface area contributed by atoms with Gasteiger partial charge >= 0.3 is 12.6 Å². The van der Waals surface area contributed by atoms with E-state index >= 15 is 0 Å². The van der Waals surface area contributed by atoms with Crippen LogP contribution in [-0.4, -0.2) is 51.9 Å². The van der Waals surface area contributed by atoms with E-state index in [1.54, 1.807) is 11.1 Å². The molecule has 0 saturated carbocycles. The number of ether oxygens (including phenoxy) is 1. The molecule has 1 aliphatic rings. The Bertz CT molecular complexity index is 862. The maximum Gasteiger partial charge on any atom is 0.408 e. The molecule has 1 N–H and O–H groups in total. The molecule has 144 valence electrons. The molecular weight excluding hydrogens is 378 g/mol. The predicted molar refractivity (Wildman–Crippen MR) is 96.5 cm³/mol. The first-order valence-corrected chi connectivity index (χ1v) is 9.02. The minimum Gasteiger partial charge on any atom is -0.453 e. The number of amides is 1. The van der Waals surface area contributed by atoms with Crippen LogP contribution < -0.4 is 5.32 Å². The highest BCUT2D eigenvalue weighted by Gasteiger charge is 2.27. The predicted octanol–water partition coefficient (Wildman–Crippen LogP) is 2.93. The molecule has 2 aromatic heterocycles. The average Bonchev–Trinajstić information content (AvgIpc) is 3.36. The molecule has 2 aromatic rings. The zero-order valence-electron chi connectivity index (χ0n) is 14.7. The van der Waals surface area contributed by atoms with Gasteiger partial charge in [-0.15, -0.1) is 11.3 Å². The van der Waals surface area contributed by atoms with Crippen molar-refractivity contribution in [1.29, 1.82) is 0 Å². The summed E-state index contributed by atoms with van der Waals surface area (Å²) in [6.45, 7) is -0.380. The zero-order valence-corrected chi connectivity index (χ0v) is 15.5.